The van der Waals surface area contributed by atoms with Crippen molar-refractivity contribution in [2.24, 2.45) is 5.73 Å². The number of aryl methyl sites for hydroxylation is 1. The standard InChI is InChI=1S/C17H21N3O/c1-12-7-6-9-14(17(18)19)16(12)20(2)11-13-8-4-5-10-15(13)21-3/h4-10H,11H2,1-3H3,(H3,18,19). The second kappa shape index (κ2) is 6.31. The number of hydrogen-bond donors (Lipinski definition) is 2. The molecular weight excluding hydrogens is 262 g/mol. The number of amidine groups is 1. The number of nitrogens with one attached hydrogen (secondary N) is 1. The van der Waals surface area contributed by atoms with Gasteiger partial charge in [-0.25, -0.2) is 0 Å². The summed E-state index contributed by atoms with van der Waals surface area (Å²) in [6.45, 7) is 2.72. The number of nitrogens with zero attached hydrogens (tertiary/aromatic N) is 1. The van der Waals surface area contributed by atoms with Gasteiger partial charge in [-0.3, -0.25) is 5.41 Å². The van der Waals surface area contributed by atoms with Gasteiger partial charge in [-0.2, -0.15) is 0 Å². The number of nitrogen functional groups attached to an aromatic ring is 1. The summed E-state index contributed by atoms with van der Waals surface area (Å²) in [6.07, 6.45) is 0. The molecule has 2 rings (SSSR count). The van der Waals surface area contributed by atoms with Gasteiger partial charge in [-0.1, -0.05) is 30.3 Å². The molecule has 0 saturated heterocycles. The highest BCUT2D eigenvalue weighted by Gasteiger charge is 2.14. The zero-order chi connectivity index (χ0) is 15.4. The van der Waals surface area contributed by atoms with E-state index in [1.165, 1.54) is 0 Å². The van der Waals surface area contributed by atoms with Crippen LogP contribution in [0.4, 0.5) is 5.69 Å². The van der Waals surface area contributed by atoms with E-state index in [0.717, 1.165) is 28.1 Å². The SMILES string of the molecule is COc1ccccc1CN(C)c1c(C)cccc1C(=N)N. The lowest BCUT2D eigenvalue weighted by Crippen LogP contribution is -2.23. The highest BCUT2D eigenvalue weighted by molar-refractivity contribution is 6.01. The Hall–Kier alpha value is -2.49. The molecule has 0 radical (unpaired) electrons. The third kappa shape index (κ3) is 3.16. The van der Waals surface area contributed by atoms with E-state index in [9.17, 15) is 0 Å². The van der Waals surface area contributed by atoms with Crippen molar-refractivity contribution in [1.82, 2.24) is 0 Å². The van der Waals surface area contributed by atoms with Crippen molar-refractivity contribution in [2.45, 2.75) is 13.5 Å². The minimum absolute atomic E-state index is 0.0839. The lowest BCUT2D eigenvalue weighted by atomic mass is 10.1. The molecule has 0 spiro atoms. The fourth-order valence-corrected chi connectivity index (χ4v) is 2.55. The summed E-state index contributed by atoms with van der Waals surface area (Å²) in [5.41, 5.74) is 9.64. The van der Waals surface area contributed by atoms with Gasteiger partial charge in [0.1, 0.15) is 11.6 Å². The molecule has 2 aromatic rings. The van der Waals surface area contributed by atoms with Gasteiger partial charge < -0.3 is 15.4 Å². The zero-order valence-corrected chi connectivity index (χ0v) is 12.7. The molecule has 0 atom stereocenters. The lowest BCUT2D eigenvalue weighted by Gasteiger charge is -2.25. The minimum Gasteiger partial charge on any atom is -0.496 e. The summed E-state index contributed by atoms with van der Waals surface area (Å²) >= 11 is 0. The highest BCUT2D eigenvalue weighted by Crippen LogP contribution is 2.27. The molecule has 0 fully saturated rings. The van der Waals surface area contributed by atoms with Crippen LogP contribution >= 0.6 is 0 Å². The Labute approximate surface area is 125 Å². The molecule has 3 N–H and O–H groups in total. The summed E-state index contributed by atoms with van der Waals surface area (Å²) in [6, 6.07) is 13.8. The van der Waals surface area contributed by atoms with E-state index in [-0.39, 0.29) is 5.84 Å². The maximum Gasteiger partial charge on any atom is 0.124 e. The van der Waals surface area contributed by atoms with E-state index in [0.29, 0.717) is 6.54 Å². The Morgan fingerprint density at radius 2 is 1.90 bits per heavy atom. The van der Waals surface area contributed by atoms with E-state index in [1.807, 2.05) is 56.4 Å². The molecule has 2 aromatic carbocycles. The maximum absolute atomic E-state index is 7.75. The third-order valence-corrected chi connectivity index (χ3v) is 3.51. The second-order valence-electron chi connectivity index (χ2n) is 5.05. The molecule has 0 aliphatic carbocycles. The molecule has 0 aliphatic rings. The van der Waals surface area contributed by atoms with Crippen LogP contribution in [0.2, 0.25) is 0 Å². The summed E-state index contributed by atoms with van der Waals surface area (Å²) in [4.78, 5) is 2.10. The molecule has 0 amide bonds. The van der Waals surface area contributed by atoms with Crippen LogP contribution in [-0.2, 0) is 6.54 Å². The largest absolute Gasteiger partial charge is 0.496 e. The van der Waals surface area contributed by atoms with Crippen molar-refractivity contribution in [2.75, 3.05) is 19.1 Å². The second-order valence-corrected chi connectivity index (χ2v) is 5.05. The smallest absolute Gasteiger partial charge is 0.124 e. The molecule has 0 saturated carbocycles. The first-order valence-corrected chi connectivity index (χ1v) is 6.81. The van der Waals surface area contributed by atoms with E-state index < -0.39 is 0 Å². The van der Waals surface area contributed by atoms with Crippen LogP contribution in [0.15, 0.2) is 42.5 Å². The van der Waals surface area contributed by atoms with Gasteiger partial charge in [-0.05, 0) is 24.6 Å². The van der Waals surface area contributed by atoms with Crippen LogP contribution in [-0.4, -0.2) is 20.0 Å². The topological polar surface area (TPSA) is 62.3 Å². The predicted octanol–water partition coefficient (Wildman–Crippen LogP) is 2.92. The van der Waals surface area contributed by atoms with Crippen LogP contribution in [0.1, 0.15) is 16.7 Å². The van der Waals surface area contributed by atoms with Crippen LogP contribution in [0.5, 0.6) is 5.75 Å². The number of anilines is 1. The van der Waals surface area contributed by atoms with E-state index >= 15 is 0 Å². The summed E-state index contributed by atoms with van der Waals surface area (Å²) in [5, 5.41) is 7.75. The molecular formula is C17H21N3O. The molecule has 110 valence electrons. The number of methoxy groups -OCH3 is 1. The summed E-state index contributed by atoms with van der Waals surface area (Å²) in [7, 11) is 3.68. The third-order valence-electron chi connectivity index (χ3n) is 3.51. The van der Waals surface area contributed by atoms with Crippen molar-refractivity contribution < 1.29 is 4.74 Å². The van der Waals surface area contributed by atoms with Crippen LogP contribution in [0.3, 0.4) is 0 Å². The average Bonchev–Trinajstić information content (AvgIpc) is 2.47. The van der Waals surface area contributed by atoms with Crippen molar-refractivity contribution in [3.05, 3.63) is 59.2 Å². The van der Waals surface area contributed by atoms with Gasteiger partial charge >= 0.3 is 0 Å². The van der Waals surface area contributed by atoms with Gasteiger partial charge in [-0.15, -0.1) is 0 Å². The maximum atomic E-state index is 7.75. The molecule has 0 aromatic heterocycles. The summed E-state index contributed by atoms with van der Waals surface area (Å²) < 4.78 is 5.40. The fourth-order valence-electron chi connectivity index (χ4n) is 2.55. The van der Waals surface area contributed by atoms with Crippen molar-refractivity contribution in [3.63, 3.8) is 0 Å². The van der Waals surface area contributed by atoms with Gasteiger partial charge in [0.15, 0.2) is 0 Å². The first kappa shape index (κ1) is 14.9. The van der Waals surface area contributed by atoms with Crippen LogP contribution < -0.4 is 15.4 Å². The van der Waals surface area contributed by atoms with Gasteiger partial charge in [0, 0.05) is 24.7 Å². The monoisotopic (exact) mass is 283 g/mol. The Bertz CT molecular complexity index is 652. The van der Waals surface area contributed by atoms with Crippen molar-refractivity contribution in [3.8, 4) is 5.75 Å². The summed E-state index contributed by atoms with van der Waals surface area (Å²) in [5.74, 6) is 0.947. The first-order chi connectivity index (χ1) is 10.0. The normalized spacial score (nSPS) is 10.2. The van der Waals surface area contributed by atoms with E-state index in [1.54, 1.807) is 7.11 Å². The molecule has 0 unspecified atom stereocenters. The predicted molar refractivity (Wildman–Crippen MR) is 87.3 cm³/mol. The molecule has 0 bridgehead atoms. The van der Waals surface area contributed by atoms with E-state index in [2.05, 4.69) is 4.90 Å². The van der Waals surface area contributed by atoms with Crippen LogP contribution in [0, 0.1) is 12.3 Å². The lowest BCUT2D eigenvalue weighted by molar-refractivity contribution is 0.409. The first-order valence-electron chi connectivity index (χ1n) is 6.81. The Morgan fingerprint density at radius 1 is 1.19 bits per heavy atom. The van der Waals surface area contributed by atoms with E-state index in [4.69, 9.17) is 15.9 Å². The number of ether oxygens (including phenoxy) is 1. The van der Waals surface area contributed by atoms with Gasteiger partial charge in [0.25, 0.3) is 0 Å². The molecule has 4 nitrogen and oxygen atoms in total. The highest BCUT2D eigenvalue weighted by atomic mass is 16.5. The van der Waals surface area contributed by atoms with Crippen LogP contribution in [0.25, 0.3) is 0 Å². The molecule has 4 heteroatoms. The zero-order valence-electron chi connectivity index (χ0n) is 12.7. The number of rotatable bonds is 5. The van der Waals surface area contributed by atoms with Gasteiger partial charge in [0.2, 0.25) is 0 Å². The number of hydrogen-bond acceptors (Lipinski definition) is 3. The Morgan fingerprint density at radius 3 is 2.57 bits per heavy atom. The minimum atomic E-state index is 0.0839. The van der Waals surface area contributed by atoms with Gasteiger partial charge in [0.05, 0.1) is 12.8 Å². The van der Waals surface area contributed by atoms with Crippen molar-refractivity contribution >= 4 is 11.5 Å². The van der Waals surface area contributed by atoms with Crippen molar-refractivity contribution in [1.29, 1.82) is 5.41 Å². The molecule has 0 aliphatic heterocycles. The number of para-hydroxylation sites is 2. The number of nitrogens with two attached hydrogens (primary N) is 1. The fraction of sp³-hybridized carbons (Fsp3) is 0.235. The molecule has 0 heterocycles. The Balaban J connectivity index is 2.37. The number of benzene rings is 2. The quantitative estimate of drug-likeness (QED) is 0.655. The Kier molecular flexibility index (Phi) is 4.48. The average molecular weight is 283 g/mol. The molecule has 21 heavy (non-hydrogen) atoms.